The largest absolute Gasteiger partial charge is 0.490 e. The molecule has 1 amide bonds. The molecule has 3 aromatic carbocycles. The summed E-state index contributed by atoms with van der Waals surface area (Å²) in [4.78, 5) is 23.9. The second-order valence-corrected chi connectivity index (χ2v) is 6.25. The maximum atomic E-state index is 12.0. The summed E-state index contributed by atoms with van der Waals surface area (Å²) < 4.78 is 16.1. The summed E-state index contributed by atoms with van der Waals surface area (Å²) in [5.74, 6) is 0.290. The second kappa shape index (κ2) is 10.1. The molecule has 0 saturated heterocycles. The lowest BCUT2D eigenvalue weighted by molar-refractivity contribution is -0.147. The minimum Gasteiger partial charge on any atom is -0.490 e. The zero-order chi connectivity index (χ0) is 20.5. The maximum absolute atomic E-state index is 12.0. The molecule has 0 atom stereocenters. The van der Waals surface area contributed by atoms with E-state index in [1.807, 2.05) is 61.5 Å². The van der Waals surface area contributed by atoms with Crippen LogP contribution < -0.4 is 14.8 Å². The highest BCUT2D eigenvalue weighted by Gasteiger charge is 2.10. The van der Waals surface area contributed by atoms with E-state index in [2.05, 4.69) is 5.32 Å². The van der Waals surface area contributed by atoms with Crippen molar-refractivity contribution in [2.75, 3.05) is 25.1 Å². The van der Waals surface area contributed by atoms with Crippen molar-refractivity contribution in [1.82, 2.24) is 0 Å². The van der Waals surface area contributed by atoms with Crippen LogP contribution in [0.3, 0.4) is 0 Å². The van der Waals surface area contributed by atoms with E-state index < -0.39 is 11.9 Å². The lowest BCUT2D eigenvalue weighted by Crippen LogP contribution is -2.21. The molecule has 0 heterocycles. The summed E-state index contributed by atoms with van der Waals surface area (Å²) in [5, 5.41) is 4.84. The standard InChI is InChI=1S/C23H23NO5/c1-2-27-20-9-5-6-10-21(20)28-14-13-23(26)29-16-22(25)24-19-12-11-17-7-3-4-8-18(17)15-19/h3-12,15H,2,13-14,16H2,1H3,(H,24,25). The van der Waals surface area contributed by atoms with E-state index in [1.54, 1.807) is 12.1 Å². The Kier molecular flexibility index (Phi) is 7.05. The second-order valence-electron chi connectivity index (χ2n) is 6.25. The van der Waals surface area contributed by atoms with Gasteiger partial charge in [0.05, 0.1) is 19.6 Å². The van der Waals surface area contributed by atoms with Crippen molar-refractivity contribution in [3.05, 3.63) is 66.7 Å². The molecular formula is C23H23NO5. The Morgan fingerprint density at radius 2 is 1.55 bits per heavy atom. The number of hydrogen-bond donors (Lipinski definition) is 1. The average Bonchev–Trinajstić information content (AvgIpc) is 2.73. The van der Waals surface area contributed by atoms with Crippen LogP contribution in [0.25, 0.3) is 10.8 Å². The smallest absolute Gasteiger partial charge is 0.309 e. The van der Waals surface area contributed by atoms with Crippen LogP contribution in [0.1, 0.15) is 13.3 Å². The number of nitrogens with one attached hydrogen (secondary N) is 1. The van der Waals surface area contributed by atoms with Gasteiger partial charge in [0.25, 0.3) is 5.91 Å². The molecule has 0 radical (unpaired) electrons. The molecule has 0 aliphatic rings. The quantitative estimate of drug-likeness (QED) is 0.552. The van der Waals surface area contributed by atoms with Gasteiger partial charge in [0, 0.05) is 5.69 Å². The first-order valence-electron chi connectivity index (χ1n) is 9.44. The Hall–Kier alpha value is -3.54. The zero-order valence-corrected chi connectivity index (χ0v) is 16.2. The van der Waals surface area contributed by atoms with E-state index in [0.29, 0.717) is 23.8 Å². The molecule has 0 spiro atoms. The number of ether oxygens (including phenoxy) is 3. The van der Waals surface area contributed by atoms with Gasteiger partial charge in [-0.1, -0.05) is 42.5 Å². The SMILES string of the molecule is CCOc1ccccc1OCCC(=O)OCC(=O)Nc1ccc2ccccc2c1. The van der Waals surface area contributed by atoms with Gasteiger partial charge >= 0.3 is 5.97 Å². The van der Waals surface area contributed by atoms with Crippen molar-refractivity contribution in [3.63, 3.8) is 0 Å². The van der Waals surface area contributed by atoms with Gasteiger partial charge in [-0.2, -0.15) is 0 Å². The van der Waals surface area contributed by atoms with E-state index in [0.717, 1.165) is 10.8 Å². The number of hydrogen-bond acceptors (Lipinski definition) is 5. The molecular weight excluding hydrogens is 370 g/mol. The minimum absolute atomic E-state index is 0.0315. The summed E-state index contributed by atoms with van der Waals surface area (Å²) in [7, 11) is 0. The summed E-state index contributed by atoms with van der Waals surface area (Å²) in [6.07, 6.45) is 0.0315. The summed E-state index contributed by atoms with van der Waals surface area (Å²) in [5.41, 5.74) is 0.653. The maximum Gasteiger partial charge on any atom is 0.309 e. The molecule has 6 nitrogen and oxygen atoms in total. The van der Waals surface area contributed by atoms with E-state index in [4.69, 9.17) is 14.2 Å². The lowest BCUT2D eigenvalue weighted by Gasteiger charge is -2.11. The number of carbonyl (C=O) groups excluding carboxylic acids is 2. The lowest BCUT2D eigenvalue weighted by atomic mass is 10.1. The number of para-hydroxylation sites is 2. The number of fused-ring (bicyclic) bond motifs is 1. The van der Waals surface area contributed by atoms with Gasteiger partial charge in [-0.05, 0) is 42.0 Å². The normalized spacial score (nSPS) is 10.4. The molecule has 0 fully saturated rings. The van der Waals surface area contributed by atoms with Crippen LogP contribution in [0, 0.1) is 0 Å². The fourth-order valence-corrected chi connectivity index (χ4v) is 2.77. The van der Waals surface area contributed by atoms with Crippen LogP contribution in [0.4, 0.5) is 5.69 Å². The van der Waals surface area contributed by atoms with Crippen molar-refractivity contribution >= 4 is 28.3 Å². The number of rotatable bonds is 9. The van der Waals surface area contributed by atoms with Crippen LogP contribution in [-0.4, -0.2) is 31.7 Å². The van der Waals surface area contributed by atoms with Crippen molar-refractivity contribution in [2.45, 2.75) is 13.3 Å². The topological polar surface area (TPSA) is 73.9 Å². The predicted octanol–water partition coefficient (Wildman–Crippen LogP) is 4.19. The molecule has 3 rings (SSSR count). The fourth-order valence-electron chi connectivity index (χ4n) is 2.77. The van der Waals surface area contributed by atoms with Crippen LogP contribution in [0.2, 0.25) is 0 Å². The fraction of sp³-hybridized carbons (Fsp3) is 0.217. The molecule has 0 aliphatic carbocycles. The van der Waals surface area contributed by atoms with E-state index in [9.17, 15) is 9.59 Å². The molecule has 29 heavy (non-hydrogen) atoms. The monoisotopic (exact) mass is 393 g/mol. The van der Waals surface area contributed by atoms with Gasteiger partial charge in [-0.25, -0.2) is 0 Å². The Bertz CT molecular complexity index is 986. The van der Waals surface area contributed by atoms with E-state index in [-0.39, 0.29) is 19.6 Å². The third-order valence-electron chi connectivity index (χ3n) is 4.11. The molecule has 0 unspecified atom stereocenters. The van der Waals surface area contributed by atoms with Gasteiger partial charge in [-0.15, -0.1) is 0 Å². The van der Waals surface area contributed by atoms with Crippen LogP contribution in [-0.2, 0) is 14.3 Å². The summed E-state index contributed by atoms with van der Waals surface area (Å²) in [6.45, 7) is 2.20. The first-order chi connectivity index (χ1) is 14.2. The first kappa shape index (κ1) is 20.2. The molecule has 1 N–H and O–H groups in total. The molecule has 0 aliphatic heterocycles. The summed E-state index contributed by atoms with van der Waals surface area (Å²) >= 11 is 0. The third kappa shape index (κ3) is 5.97. The van der Waals surface area contributed by atoms with Gasteiger partial charge < -0.3 is 19.5 Å². The molecule has 0 aromatic heterocycles. The minimum atomic E-state index is -0.507. The van der Waals surface area contributed by atoms with Crippen LogP contribution in [0.15, 0.2) is 66.7 Å². The Labute approximate surface area is 169 Å². The van der Waals surface area contributed by atoms with E-state index in [1.165, 1.54) is 0 Å². The van der Waals surface area contributed by atoms with Crippen molar-refractivity contribution < 1.29 is 23.8 Å². The highest BCUT2D eigenvalue weighted by Crippen LogP contribution is 2.26. The van der Waals surface area contributed by atoms with Crippen molar-refractivity contribution in [3.8, 4) is 11.5 Å². The Morgan fingerprint density at radius 3 is 2.31 bits per heavy atom. The number of amides is 1. The molecule has 0 saturated carbocycles. The number of anilines is 1. The number of esters is 1. The number of benzene rings is 3. The van der Waals surface area contributed by atoms with Gasteiger partial charge in [-0.3, -0.25) is 9.59 Å². The zero-order valence-electron chi connectivity index (χ0n) is 16.2. The highest BCUT2D eigenvalue weighted by atomic mass is 16.5. The van der Waals surface area contributed by atoms with Gasteiger partial charge in [0.15, 0.2) is 18.1 Å². The first-order valence-corrected chi connectivity index (χ1v) is 9.44. The predicted molar refractivity (Wildman–Crippen MR) is 111 cm³/mol. The average molecular weight is 393 g/mol. The Balaban J connectivity index is 1.41. The molecule has 3 aromatic rings. The summed E-state index contributed by atoms with van der Waals surface area (Å²) in [6, 6.07) is 20.7. The third-order valence-corrected chi connectivity index (χ3v) is 4.11. The number of carbonyl (C=O) groups is 2. The molecule has 0 bridgehead atoms. The van der Waals surface area contributed by atoms with Crippen LogP contribution in [0.5, 0.6) is 11.5 Å². The highest BCUT2D eigenvalue weighted by molar-refractivity contribution is 5.95. The Morgan fingerprint density at radius 1 is 0.862 bits per heavy atom. The van der Waals surface area contributed by atoms with E-state index >= 15 is 0 Å². The van der Waals surface area contributed by atoms with Crippen molar-refractivity contribution in [1.29, 1.82) is 0 Å². The van der Waals surface area contributed by atoms with Crippen LogP contribution >= 0.6 is 0 Å². The van der Waals surface area contributed by atoms with Gasteiger partial charge in [0.1, 0.15) is 0 Å². The molecule has 150 valence electrons. The van der Waals surface area contributed by atoms with Gasteiger partial charge in [0.2, 0.25) is 0 Å². The van der Waals surface area contributed by atoms with Crippen molar-refractivity contribution in [2.24, 2.45) is 0 Å². The molecule has 6 heteroatoms.